The molecule has 41 heavy (non-hydrogen) atoms. The number of aryl methyl sites for hydroxylation is 1. The number of hydrogen-bond donors (Lipinski definition) is 2. The average Bonchev–Trinajstić information content (AvgIpc) is 3.23. The predicted molar refractivity (Wildman–Crippen MR) is 154 cm³/mol. The van der Waals surface area contributed by atoms with Crippen LogP contribution < -0.4 is 15.5 Å². The van der Waals surface area contributed by atoms with E-state index in [1.807, 2.05) is 0 Å². The first-order chi connectivity index (χ1) is 19.4. The molecule has 0 aliphatic carbocycles. The fraction of sp³-hybridized carbons (Fsp3) is 0.286. The molecule has 1 atom stereocenters. The molecule has 1 fully saturated rings. The maximum absolute atomic E-state index is 13.4. The summed E-state index contributed by atoms with van der Waals surface area (Å²) in [5.41, 5.74) is 2.92. The standard InChI is InChI=1S/C28H24Cl3F4N5O/c1-39-23-12-22(40-10-2-3-17(14-40)28(33,34)35)20(30)11-21(23)37-27(39)38-25-19(29)9-6-16(24(25)31)13-36-26(41)15-4-7-18(32)8-5-15/h4-9,11-12,17H,2-3,10,13-14H2,1H3,(H,36,41)(H,37,38). The zero-order valence-corrected chi connectivity index (χ0v) is 23.9. The summed E-state index contributed by atoms with van der Waals surface area (Å²) in [5, 5.41) is 6.76. The van der Waals surface area contributed by atoms with Gasteiger partial charge in [0.15, 0.2) is 0 Å². The summed E-state index contributed by atoms with van der Waals surface area (Å²) < 4.78 is 55.1. The van der Waals surface area contributed by atoms with Crippen LogP contribution >= 0.6 is 34.8 Å². The molecule has 216 valence electrons. The molecule has 13 heteroatoms. The van der Waals surface area contributed by atoms with Crippen LogP contribution in [0.3, 0.4) is 0 Å². The molecule has 2 heterocycles. The number of rotatable bonds is 6. The zero-order valence-electron chi connectivity index (χ0n) is 21.6. The number of halogens is 7. The Balaban J connectivity index is 1.38. The summed E-state index contributed by atoms with van der Waals surface area (Å²) in [4.78, 5) is 18.7. The molecule has 5 rings (SSSR count). The molecule has 1 aliphatic heterocycles. The molecule has 0 saturated carbocycles. The fourth-order valence-electron chi connectivity index (χ4n) is 4.86. The lowest BCUT2D eigenvalue weighted by Gasteiger charge is -2.35. The van der Waals surface area contributed by atoms with Crippen molar-refractivity contribution in [2.24, 2.45) is 13.0 Å². The molecule has 0 spiro atoms. The van der Waals surface area contributed by atoms with Crippen LogP contribution in [0.1, 0.15) is 28.8 Å². The van der Waals surface area contributed by atoms with Gasteiger partial charge in [0, 0.05) is 32.2 Å². The molecule has 0 bridgehead atoms. The number of hydrogen-bond acceptors (Lipinski definition) is 4. The smallest absolute Gasteiger partial charge is 0.370 e. The van der Waals surface area contributed by atoms with Gasteiger partial charge in [0.05, 0.1) is 43.4 Å². The van der Waals surface area contributed by atoms with Gasteiger partial charge in [0.1, 0.15) is 5.82 Å². The first-order valence-electron chi connectivity index (χ1n) is 12.7. The van der Waals surface area contributed by atoms with Crippen molar-refractivity contribution >= 4 is 69.1 Å². The molecular formula is C28H24Cl3F4N5O. The Hall–Kier alpha value is -3.21. The molecule has 3 aromatic carbocycles. The van der Waals surface area contributed by atoms with E-state index in [4.69, 9.17) is 34.8 Å². The molecule has 1 unspecified atom stereocenters. The van der Waals surface area contributed by atoms with Gasteiger partial charge in [-0.15, -0.1) is 0 Å². The van der Waals surface area contributed by atoms with E-state index in [1.54, 1.807) is 40.8 Å². The Morgan fingerprint density at radius 1 is 1.07 bits per heavy atom. The Morgan fingerprint density at radius 3 is 2.51 bits per heavy atom. The van der Waals surface area contributed by atoms with E-state index in [9.17, 15) is 22.4 Å². The van der Waals surface area contributed by atoms with E-state index in [0.29, 0.717) is 62.5 Å². The Morgan fingerprint density at radius 2 is 1.80 bits per heavy atom. The van der Waals surface area contributed by atoms with Gasteiger partial charge in [-0.1, -0.05) is 40.9 Å². The highest BCUT2D eigenvalue weighted by atomic mass is 35.5. The van der Waals surface area contributed by atoms with Crippen LogP contribution in [-0.4, -0.2) is 34.7 Å². The van der Waals surface area contributed by atoms with Gasteiger partial charge >= 0.3 is 6.18 Å². The van der Waals surface area contributed by atoms with Crippen LogP contribution in [0, 0.1) is 11.7 Å². The largest absolute Gasteiger partial charge is 0.393 e. The van der Waals surface area contributed by atoms with Crippen LogP contribution in [0.25, 0.3) is 11.0 Å². The number of nitrogens with one attached hydrogen (secondary N) is 2. The van der Waals surface area contributed by atoms with Gasteiger partial charge in [-0.2, -0.15) is 13.2 Å². The minimum absolute atomic E-state index is 0.0805. The summed E-state index contributed by atoms with van der Waals surface area (Å²) in [6.45, 7) is 0.390. The molecule has 2 N–H and O–H groups in total. The predicted octanol–water partition coefficient (Wildman–Crippen LogP) is 8.12. The Kier molecular flexibility index (Phi) is 8.27. The molecule has 1 aliphatic rings. The third kappa shape index (κ3) is 6.19. The van der Waals surface area contributed by atoms with Crippen molar-refractivity contribution in [1.29, 1.82) is 0 Å². The van der Waals surface area contributed by atoms with Crippen molar-refractivity contribution in [2.75, 3.05) is 23.3 Å². The summed E-state index contributed by atoms with van der Waals surface area (Å²) in [5.74, 6) is -1.89. The number of carbonyl (C=O) groups is 1. The zero-order chi connectivity index (χ0) is 29.5. The third-order valence-corrected chi connectivity index (χ3v) is 8.18. The van der Waals surface area contributed by atoms with Crippen LogP contribution in [0.15, 0.2) is 48.5 Å². The van der Waals surface area contributed by atoms with E-state index < -0.39 is 23.8 Å². The van der Waals surface area contributed by atoms with Crippen molar-refractivity contribution < 1.29 is 22.4 Å². The van der Waals surface area contributed by atoms with Crippen molar-refractivity contribution in [2.45, 2.75) is 25.6 Å². The SMILES string of the molecule is Cn1c(Nc2c(Cl)ccc(CNC(=O)c3ccc(F)cc3)c2Cl)nc2cc(Cl)c(N3CCCC(C(F)(F)F)C3)cc21. The van der Waals surface area contributed by atoms with E-state index in [-0.39, 0.29) is 24.5 Å². The van der Waals surface area contributed by atoms with Crippen LogP contribution in [0.4, 0.5) is 34.9 Å². The number of anilines is 3. The van der Waals surface area contributed by atoms with Crippen molar-refractivity contribution in [3.63, 3.8) is 0 Å². The first-order valence-corrected chi connectivity index (χ1v) is 13.8. The van der Waals surface area contributed by atoms with E-state index >= 15 is 0 Å². The van der Waals surface area contributed by atoms with Gasteiger partial charge in [-0.3, -0.25) is 4.79 Å². The molecule has 1 amide bonds. The van der Waals surface area contributed by atoms with Crippen molar-refractivity contribution in [3.05, 3.63) is 80.5 Å². The van der Waals surface area contributed by atoms with Crippen LogP contribution in [-0.2, 0) is 13.6 Å². The highest BCUT2D eigenvalue weighted by molar-refractivity contribution is 6.39. The number of imidazole rings is 1. The second kappa shape index (κ2) is 11.6. The summed E-state index contributed by atoms with van der Waals surface area (Å²) in [7, 11) is 1.75. The number of carbonyl (C=O) groups excluding carboxylic acids is 1. The number of aromatic nitrogens is 2. The van der Waals surface area contributed by atoms with E-state index in [1.165, 1.54) is 24.3 Å². The summed E-state index contributed by atoms with van der Waals surface area (Å²) in [6, 6.07) is 11.8. The minimum Gasteiger partial charge on any atom is -0.370 e. The molecule has 6 nitrogen and oxygen atoms in total. The molecule has 1 aromatic heterocycles. The number of amides is 1. The van der Waals surface area contributed by atoms with E-state index in [2.05, 4.69) is 15.6 Å². The quantitative estimate of drug-likeness (QED) is 0.212. The normalized spacial score (nSPS) is 15.8. The molecular weight excluding hydrogens is 605 g/mol. The van der Waals surface area contributed by atoms with E-state index in [0.717, 1.165) is 0 Å². The highest BCUT2D eigenvalue weighted by Gasteiger charge is 2.42. The number of nitrogens with zero attached hydrogens (tertiary/aromatic N) is 3. The Bertz CT molecular complexity index is 1610. The maximum atomic E-state index is 13.4. The van der Waals surface area contributed by atoms with Gasteiger partial charge in [0.2, 0.25) is 5.95 Å². The lowest BCUT2D eigenvalue weighted by atomic mass is 9.97. The van der Waals surface area contributed by atoms with Gasteiger partial charge < -0.3 is 20.1 Å². The van der Waals surface area contributed by atoms with Crippen molar-refractivity contribution in [3.8, 4) is 0 Å². The second-order valence-corrected chi connectivity index (χ2v) is 11.0. The number of benzene rings is 3. The van der Waals surface area contributed by atoms with Gasteiger partial charge in [-0.05, 0) is 60.9 Å². The van der Waals surface area contributed by atoms with Gasteiger partial charge in [-0.25, -0.2) is 9.37 Å². The maximum Gasteiger partial charge on any atom is 0.393 e. The minimum atomic E-state index is -4.27. The lowest BCUT2D eigenvalue weighted by molar-refractivity contribution is -0.175. The molecule has 1 saturated heterocycles. The third-order valence-electron chi connectivity index (χ3n) is 7.13. The molecule has 4 aromatic rings. The monoisotopic (exact) mass is 627 g/mol. The first kappa shape index (κ1) is 29.3. The highest BCUT2D eigenvalue weighted by Crippen LogP contribution is 2.40. The van der Waals surface area contributed by atoms with Crippen molar-refractivity contribution in [1.82, 2.24) is 14.9 Å². The summed E-state index contributed by atoms with van der Waals surface area (Å²) in [6.07, 6.45) is -3.76. The fourth-order valence-corrected chi connectivity index (χ4v) is 5.67. The Labute approximate surface area is 248 Å². The number of piperidine rings is 1. The van der Waals surface area contributed by atoms with Crippen LogP contribution in [0.2, 0.25) is 15.1 Å². The number of alkyl halides is 3. The van der Waals surface area contributed by atoms with Gasteiger partial charge in [0.25, 0.3) is 5.91 Å². The van der Waals surface area contributed by atoms with Crippen LogP contribution in [0.5, 0.6) is 0 Å². The molecule has 0 radical (unpaired) electrons. The summed E-state index contributed by atoms with van der Waals surface area (Å²) >= 11 is 19.6. The average molecular weight is 629 g/mol. The number of fused-ring (bicyclic) bond motifs is 1. The topological polar surface area (TPSA) is 62.2 Å². The lowest BCUT2D eigenvalue weighted by Crippen LogP contribution is -2.41. The second-order valence-electron chi connectivity index (χ2n) is 9.82.